The van der Waals surface area contributed by atoms with E-state index in [0.29, 0.717) is 22.4 Å². The van der Waals surface area contributed by atoms with E-state index in [1.807, 2.05) is 84.9 Å². The first-order valence-corrected chi connectivity index (χ1v) is 11.6. The SMILES string of the molecule is Cc1ccc(OCCCOc2cccc(C=C3SC(=S)N(c4ccccc4)C3=O)c2)cc1. The fraction of sp³-hybridized carbons (Fsp3) is 0.154. The van der Waals surface area contributed by atoms with Gasteiger partial charge in [-0.3, -0.25) is 9.69 Å². The third kappa shape index (κ3) is 5.58. The molecule has 0 aliphatic carbocycles. The minimum atomic E-state index is -0.106. The number of thiocarbonyl (C=S) groups is 1. The first-order valence-electron chi connectivity index (χ1n) is 10.4. The van der Waals surface area contributed by atoms with E-state index in [1.165, 1.54) is 17.3 Å². The second-order valence-corrected chi connectivity index (χ2v) is 8.96. The van der Waals surface area contributed by atoms with Gasteiger partial charge >= 0.3 is 0 Å². The number of para-hydroxylation sites is 1. The van der Waals surface area contributed by atoms with Crippen LogP contribution in [0.25, 0.3) is 6.08 Å². The summed E-state index contributed by atoms with van der Waals surface area (Å²) in [5, 5.41) is 0. The van der Waals surface area contributed by atoms with Crippen LogP contribution in [0.2, 0.25) is 0 Å². The van der Waals surface area contributed by atoms with Crippen molar-refractivity contribution in [2.24, 2.45) is 0 Å². The van der Waals surface area contributed by atoms with E-state index in [0.717, 1.165) is 29.2 Å². The van der Waals surface area contributed by atoms with Gasteiger partial charge in [0, 0.05) is 6.42 Å². The van der Waals surface area contributed by atoms with Crippen LogP contribution in [-0.4, -0.2) is 23.4 Å². The highest BCUT2D eigenvalue weighted by Crippen LogP contribution is 2.36. The van der Waals surface area contributed by atoms with E-state index in [1.54, 1.807) is 4.90 Å². The number of amides is 1. The standard InChI is InChI=1S/C26H23NO3S2/c1-19-11-13-22(14-12-19)29-15-6-16-30-23-10-5-7-20(17-23)18-24-25(28)27(26(31)32-24)21-8-3-2-4-9-21/h2-5,7-14,17-18H,6,15-16H2,1H3. The van der Waals surface area contributed by atoms with Crippen LogP contribution in [0.15, 0.2) is 83.8 Å². The highest BCUT2D eigenvalue weighted by atomic mass is 32.2. The van der Waals surface area contributed by atoms with Gasteiger partial charge < -0.3 is 9.47 Å². The lowest BCUT2D eigenvalue weighted by Crippen LogP contribution is -2.27. The van der Waals surface area contributed by atoms with Crippen molar-refractivity contribution in [2.75, 3.05) is 18.1 Å². The summed E-state index contributed by atoms with van der Waals surface area (Å²) in [5.41, 5.74) is 2.89. The zero-order valence-corrected chi connectivity index (χ0v) is 19.3. The first-order chi connectivity index (χ1) is 15.6. The molecule has 32 heavy (non-hydrogen) atoms. The van der Waals surface area contributed by atoms with E-state index in [-0.39, 0.29) is 5.91 Å². The van der Waals surface area contributed by atoms with Crippen LogP contribution in [0, 0.1) is 6.92 Å². The van der Waals surface area contributed by atoms with Crippen molar-refractivity contribution in [3.8, 4) is 11.5 Å². The molecule has 0 N–H and O–H groups in total. The fourth-order valence-corrected chi connectivity index (χ4v) is 4.49. The van der Waals surface area contributed by atoms with Gasteiger partial charge in [0.15, 0.2) is 4.32 Å². The molecule has 162 valence electrons. The largest absolute Gasteiger partial charge is 0.493 e. The normalized spacial score (nSPS) is 14.8. The van der Waals surface area contributed by atoms with E-state index >= 15 is 0 Å². The molecule has 4 rings (SSSR count). The molecule has 0 bridgehead atoms. The third-order valence-corrected chi connectivity index (χ3v) is 6.11. The molecule has 1 amide bonds. The van der Waals surface area contributed by atoms with Gasteiger partial charge in [-0.1, -0.05) is 72.0 Å². The molecule has 6 heteroatoms. The molecule has 0 atom stereocenters. The van der Waals surface area contributed by atoms with Crippen LogP contribution in [0.4, 0.5) is 5.69 Å². The Morgan fingerprint density at radius 2 is 1.62 bits per heavy atom. The number of anilines is 1. The molecule has 3 aromatic rings. The number of ether oxygens (including phenoxy) is 2. The quantitative estimate of drug-likeness (QED) is 0.225. The lowest BCUT2D eigenvalue weighted by atomic mass is 10.2. The van der Waals surface area contributed by atoms with Gasteiger partial charge in [0.1, 0.15) is 11.5 Å². The fourth-order valence-electron chi connectivity index (χ4n) is 3.19. The van der Waals surface area contributed by atoms with Gasteiger partial charge in [-0.25, -0.2) is 0 Å². The van der Waals surface area contributed by atoms with Crippen LogP contribution in [0.5, 0.6) is 11.5 Å². The number of hydrogen-bond donors (Lipinski definition) is 0. The molecule has 1 heterocycles. The van der Waals surface area contributed by atoms with Crippen LogP contribution >= 0.6 is 24.0 Å². The number of thioether (sulfide) groups is 1. The van der Waals surface area contributed by atoms with Gasteiger partial charge in [0.2, 0.25) is 0 Å². The van der Waals surface area contributed by atoms with Crippen molar-refractivity contribution in [3.05, 3.63) is 94.9 Å². The molecule has 1 saturated heterocycles. The molecular formula is C26H23NO3S2. The first kappa shape index (κ1) is 22.1. The molecule has 4 nitrogen and oxygen atoms in total. The molecule has 3 aromatic carbocycles. The predicted octanol–water partition coefficient (Wildman–Crippen LogP) is 6.25. The average molecular weight is 462 g/mol. The summed E-state index contributed by atoms with van der Waals surface area (Å²) in [6.45, 7) is 3.19. The Morgan fingerprint density at radius 1 is 0.906 bits per heavy atom. The van der Waals surface area contributed by atoms with Crippen LogP contribution < -0.4 is 14.4 Å². The second kappa shape index (κ2) is 10.5. The summed E-state index contributed by atoms with van der Waals surface area (Å²) in [6, 6.07) is 25.2. The number of benzene rings is 3. The van der Waals surface area contributed by atoms with Crippen molar-refractivity contribution in [2.45, 2.75) is 13.3 Å². The summed E-state index contributed by atoms with van der Waals surface area (Å²) >= 11 is 6.75. The number of rotatable bonds is 8. The molecule has 1 fully saturated rings. The predicted molar refractivity (Wildman–Crippen MR) is 135 cm³/mol. The van der Waals surface area contributed by atoms with Gasteiger partial charge in [0.05, 0.1) is 23.8 Å². The molecule has 0 spiro atoms. The zero-order valence-electron chi connectivity index (χ0n) is 17.7. The third-order valence-electron chi connectivity index (χ3n) is 4.81. The number of hydrogen-bond acceptors (Lipinski definition) is 5. The maximum absolute atomic E-state index is 12.9. The monoisotopic (exact) mass is 461 g/mol. The topological polar surface area (TPSA) is 38.8 Å². The summed E-state index contributed by atoms with van der Waals surface area (Å²) < 4.78 is 12.1. The van der Waals surface area contributed by atoms with Crippen LogP contribution in [0.3, 0.4) is 0 Å². The van der Waals surface area contributed by atoms with Gasteiger partial charge in [-0.2, -0.15) is 0 Å². The van der Waals surface area contributed by atoms with E-state index < -0.39 is 0 Å². The molecule has 1 aliphatic rings. The molecule has 0 unspecified atom stereocenters. The van der Waals surface area contributed by atoms with Crippen molar-refractivity contribution >= 4 is 46.0 Å². The maximum atomic E-state index is 12.9. The maximum Gasteiger partial charge on any atom is 0.270 e. The lowest BCUT2D eigenvalue weighted by molar-refractivity contribution is -0.113. The van der Waals surface area contributed by atoms with Gasteiger partial charge in [0.25, 0.3) is 5.91 Å². The van der Waals surface area contributed by atoms with Gasteiger partial charge in [-0.15, -0.1) is 0 Å². The Hall–Kier alpha value is -3.09. The summed E-state index contributed by atoms with van der Waals surface area (Å²) in [5.74, 6) is 1.52. The number of aryl methyl sites for hydroxylation is 1. The Labute approximate surface area is 197 Å². The number of nitrogens with zero attached hydrogens (tertiary/aromatic N) is 1. The van der Waals surface area contributed by atoms with Crippen molar-refractivity contribution in [3.63, 3.8) is 0 Å². The molecule has 0 aromatic heterocycles. The minimum Gasteiger partial charge on any atom is -0.493 e. The second-order valence-electron chi connectivity index (χ2n) is 7.29. The summed E-state index contributed by atoms with van der Waals surface area (Å²) in [6.07, 6.45) is 2.63. The minimum absolute atomic E-state index is 0.106. The van der Waals surface area contributed by atoms with Crippen molar-refractivity contribution in [1.82, 2.24) is 0 Å². The Kier molecular flexibility index (Phi) is 7.24. The zero-order chi connectivity index (χ0) is 22.3. The molecule has 1 aliphatic heterocycles. The Morgan fingerprint density at radius 3 is 2.38 bits per heavy atom. The number of carbonyl (C=O) groups excluding carboxylic acids is 1. The Bertz CT molecular complexity index is 1130. The van der Waals surface area contributed by atoms with Gasteiger partial charge in [-0.05, 0) is 55.0 Å². The molecular weight excluding hydrogens is 438 g/mol. The average Bonchev–Trinajstić information content (AvgIpc) is 3.08. The Balaban J connectivity index is 1.32. The van der Waals surface area contributed by atoms with Crippen molar-refractivity contribution < 1.29 is 14.3 Å². The van der Waals surface area contributed by atoms with Crippen LogP contribution in [-0.2, 0) is 4.79 Å². The van der Waals surface area contributed by atoms with E-state index in [2.05, 4.69) is 6.92 Å². The highest BCUT2D eigenvalue weighted by Gasteiger charge is 2.33. The van der Waals surface area contributed by atoms with E-state index in [4.69, 9.17) is 21.7 Å². The number of carbonyl (C=O) groups is 1. The smallest absolute Gasteiger partial charge is 0.270 e. The summed E-state index contributed by atoms with van der Waals surface area (Å²) in [4.78, 5) is 15.1. The highest BCUT2D eigenvalue weighted by molar-refractivity contribution is 8.27. The van der Waals surface area contributed by atoms with Crippen LogP contribution in [0.1, 0.15) is 17.5 Å². The van der Waals surface area contributed by atoms with Crippen molar-refractivity contribution in [1.29, 1.82) is 0 Å². The van der Waals surface area contributed by atoms with E-state index in [9.17, 15) is 4.79 Å². The lowest BCUT2D eigenvalue weighted by Gasteiger charge is -2.13. The molecule has 0 saturated carbocycles. The summed E-state index contributed by atoms with van der Waals surface area (Å²) in [7, 11) is 0. The molecule has 0 radical (unpaired) electrons.